The largest absolute Gasteiger partial charge is 0.265 e. The number of hydrazine groups is 1. The van der Waals surface area contributed by atoms with E-state index in [9.17, 15) is 0 Å². The molecular weight excluding hydrogens is 262 g/mol. The number of nitriles is 1. The molecule has 5 nitrogen and oxygen atoms in total. The van der Waals surface area contributed by atoms with E-state index in [1.165, 1.54) is 0 Å². The molecule has 1 aliphatic heterocycles. The van der Waals surface area contributed by atoms with Crippen LogP contribution in [0.2, 0.25) is 0 Å². The first kappa shape index (κ1) is 12.4. The molecule has 1 aromatic rings. The Hall–Kier alpha value is -1.61. The van der Waals surface area contributed by atoms with Crippen molar-refractivity contribution in [3.8, 4) is 6.07 Å². The molecule has 1 fully saturated rings. The van der Waals surface area contributed by atoms with E-state index in [0.717, 1.165) is 18.0 Å². The summed E-state index contributed by atoms with van der Waals surface area (Å²) >= 11 is 5.95. The summed E-state index contributed by atoms with van der Waals surface area (Å²) in [5.74, 6) is 0.372. The van der Waals surface area contributed by atoms with Crippen LogP contribution in [0.1, 0.15) is 18.0 Å². The fourth-order valence-electron chi connectivity index (χ4n) is 2.61. The van der Waals surface area contributed by atoms with Crippen molar-refractivity contribution in [2.45, 2.75) is 18.5 Å². The van der Waals surface area contributed by atoms with Crippen molar-refractivity contribution in [1.29, 1.82) is 5.26 Å². The van der Waals surface area contributed by atoms with Gasteiger partial charge < -0.3 is 0 Å². The van der Waals surface area contributed by atoms with Gasteiger partial charge >= 0.3 is 0 Å². The van der Waals surface area contributed by atoms with Gasteiger partial charge in [-0.1, -0.05) is 23.8 Å². The summed E-state index contributed by atoms with van der Waals surface area (Å²) in [6, 6.07) is 2.54. The minimum atomic E-state index is 0.196. The first-order valence-electron chi connectivity index (χ1n) is 6.24. The van der Waals surface area contributed by atoms with Crippen LogP contribution in [0.4, 0.5) is 0 Å². The number of aromatic nitrogens is 2. The van der Waals surface area contributed by atoms with Gasteiger partial charge in [-0.3, -0.25) is 15.5 Å². The molecule has 98 valence electrons. The average Bonchev–Trinajstić information content (AvgIpc) is 3.07. The van der Waals surface area contributed by atoms with Gasteiger partial charge in [-0.15, -0.1) is 0 Å². The predicted octanol–water partition coefficient (Wildman–Crippen LogP) is 1.47. The molecule has 0 bridgehead atoms. The second-order valence-electron chi connectivity index (χ2n) is 4.79. The van der Waals surface area contributed by atoms with Gasteiger partial charge in [0.1, 0.15) is 6.07 Å². The van der Waals surface area contributed by atoms with Gasteiger partial charge in [0, 0.05) is 17.8 Å². The Morgan fingerprint density at radius 2 is 2.42 bits per heavy atom. The Morgan fingerprint density at radius 3 is 3.11 bits per heavy atom. The van der Waals surface area contributed by atoms with E-state index in [2.05, 4.69) is 28.1 Å². The molecule has 0 spiro atoms. The third-order valence-corrected chi connectivity index (χ3v) is 3.89. The molecule has 2 heterocycles. The first-order valence-corrected chi connectivity index (χ1v) is 6.62. The zero-order valence-electron chi connectivity index (χ0n) is 10.3. The number of halogens is 1. The standard InChI is InChI=1S/C13H14ClN5/c14-11-3-1-10(2-4-11)13-12(7-16-18-13)19-8-9(5-15)6-17-19/h1,3-4,6,8,10,12-13,16,18H,2,7H2. The summed E-state index contributed by atoms with van der Waals surface area (Å²) < 4.78 is 1.87. The van der Waals surface area contributed by atoms with E-state index in [-0.39, 0.29) is 12.1 Å². The van der Waals surface area contributed by atoms with Crippen LogP contribution in [-0.4, -0.2) is 22.4 Å². The van der Waals surface area contributed by atoms with Crippen molar-refractivity contribution in [3.63, 3.8) is 0 Å². The van der Waals surface area contributed by atoms with E-state index >= 15 is 0 Å². The maximum atomic E-state index is 8.87. The molecule has 2 aliphatic rings. The number of nitrogens with one attached hydrogen (secondary N) is 2. The van der Waals surface area contributed by atoms with Gasteiger partial charge in [-0.05, 0) is 18.4 Å². The molecule has 0 saturated carbocycles. The summed E-state index contributed by atoms with van der Waals surface area (Å²) in [6.45, 7) is 0.791. The fourth-order valence-corrected chi connectivity index (χ4v) is 2.77. The van der Waals surface area contributed by atoms with Crippen LogP contribution >= 0.6 is 11.6 Å². The highest BCUT2D eigenvalue weighted by Crippen LogP contribution is 2.28. The highest BCUT2D eigenvalue weighted by Gasteiger charge is 2.34. The Bertz CT molecular complexity index is 568. The molecular formula is C13H14ClN5. The van der Waals surface area contributed by atoms with E-state index in [0.29, 0.717) is 11.5 Å². The summed E-state index contributed by atoms with van der Waals surface area (Å²) in [5, 5.41) is 13.9. The Morgan fingerprint density at radius 1 is 1.53 bits per heavy atom. The molecule has 3 unspecified atom stereocenters. The first-order chi connectivity index (χ1) is 9.28. The van der Waals surface area contributed by atoms with Crippen molar-refractivity contribution in [2.75, 3.05) is 6.54 Å². The Kier molecular flexibility index (Phi) is 3.38. The van der Waals surface area contributed by atoms with Crippen molar-refractivity contribution in [1.82, 2.24) is 20.6 Å². The van der Waals surface area contributed by atoms with Gasteiger partial charge in [0.25, 0.3) is 0 Å². The minimum absolute atomic E-state index is 0.196. The molecule has 1 aromatic heterocycles. The molecule has 1 aliphatic carbocycles. The summed E-state index contributed by atoms with van der Waals surface area (Å²) in [7, 11) is 0. The summed E-state index contributed by atoms with van der Waals surface area (Å²) in [4.78, 5) is 0. The number of hydrogen-bond donors (Lipinski definition) is 2. The molecule has 1 saturated heterocycles. The molecule has 6 heteroatoms. The Balaban J connectivity index is 1.79. The van der Waals surface area contributed by atoms with Gasteiger partial charge in [-0.2, -0.15) is 10.4 Å². The van der Waals surface area contributed by atoms with Gasteiger partial charge in [-0.25, -0.2) is 0 Å². The SMILES string of the molecule is N#Cc1cnn(C2CNNC2C2C=CC(Cl)=CC2)c1. The molecule has 0 amide bonds. The van der Waals surface area contributed by atoms with Crippen LogP contribution < -0.4 is 10.9 Å². The van der Waals surface area contributed by atoms with Crippen LogP contribution in [-0.2, 0) is 0 Å². The summed E-state index contributed by atoms with van der Waals surface area (Å²) in [6.07, 6.45) is 10.4. The number of rotatable bonds is 2. The average molecular weight is 276 g/mol. The molecule has 0 aromatic carbocycles. The normalized spacial score (nSPS) is 30.1. The smallest absolute Gasteiger partial charge is 0.102 e. The van der Waals surface area contributed by atoms with Crippen LogP contribution in [0.3, 0.4) is 0 Å². The lowest BCUT2D eigenvalue weighted by atomic mass is 9.89. The minimum Gasteiger partial charge on any atom is -0.265 e. The molecule has 3 rings (SSSR count). The second kappa shape index (κ2) is 5.17. The number of hydrogen-bond acceptors (Lipinski definition) is 4. The third kappa shape index (κ3) is 2.43. The van der Waals surface area contributed by atoms with Crippen LogP contribution in [0.15, 0.2) is 35.7 Å². The monoisotopic (exact) mass is 275 g/mol. The lowest BCUT2D eigenvalue weighted by molar-refractivity contribution is 0.342. The number of nitrogens with zero attached hydrogens (tertiary/aromatic N) is 3. The highest BCUT2D eigenvalue weighted by atomic mass is 35.5. The van der Waals surface area contributed by atoms with Crippen LogP contribution in [0.5, 0.6) is 0 Å². The lowest BCUT2D eigenvalue weighted by Gasteiger charge is -2.26. The van der Waals surface area contributed by atoms with E-state index in [4.69, 9.17) is 16.9 Å². The maximum Gasteiger partial charge on any atom is 0.102 e. The third-order valence-electron chi connectivity index (χ3n) is 3.61. The maximum absolute atomic E-state index is 8.87. The Labute approximate surface area is 116 Å². The van der Waals surface area contributed by atoms with Crippen molar-refractivity contribution in [2.24, 2.45) is 5.92 Å². The topological polar surface area (TPSA) is 65.7 Å². The van der Waals surface area contributed by atoms with E-state index in [1.807, 2.05) is 16.8 Å². The predicted molar refractivity (Wildman–Crippen MR) is 72.1 cm³/mol. The van der Waals surface area contributed by atoms with Crippen LogP contribution in [0, 0.1) is 17.2 Å². The van der Waals surface area contributed by atoms with Crippen molar-refractivity contribution >= 4 is 11.6 Å². The van der Waals surface area contributed by atoms with Gasteiger partial charge in [0.2, 0.25) is 0 Å². The lowest BCUT2D eigenvalue weighted by Crippen LogP contribution is -2.38. The molecule has 2 N–H and O–H groups in total. The second-order valence-corrected chi connectivity index (χ2v) is 5.22. The fraction of sp³-hybridized carbons (Fsp3) is 0.385. The van der Waals surface area contributed by atoms with Crippen molar-refractivity contribution in [3.05, 3.63) is 41.2 Å². The van der Waals surface area contributed by atoms with Gasteiger partial charge in [0.15, 0.2) is 0 Å². The number of allylic oxidation sites excluding steroid dienone is 3. The van der Waals surface area contributed by atoms with Crippen LogP contribution in [0.25, 0.3) is 0 Å². The zero-order valence-corrected chi connectivity index (χ0v) is 11.0. The quantitative estimate of drug-likeness (QED) is 0.858. The molecule has 19 heavy (non-hydrogen) atoms. The zero-order chi connectivity index (χ0) is 13.2. The van der Waals surface area contributed by atoms with Gasteiger partial charge in [0.05, 0.1) is 23.8 Å². The summed E-state index contributed by atoms with van der Waals surface area (Å²) in [5.41, 5.74) is 7.07. The molecule has 0 radical (unpaired) electrons. The molecule has 3 atom stereocenters. The van der Waals surface area contributed by atoms with E-state index < -0.39 is 0 Å². The highest BCUT2D eigenvalue weighted by molar-refractivity contribution is 6.31. The van der Waals surface area contributed by atoms with Crippen molar-refractivity contribution < 1.29 is 0 Å². The van der Waals surface area contributed by atoms with E-state index in [1.54, 1.807) is 12.4 Å².